The zero-order chi connectivity index (χ0) is 13.9. The van der Waals surface area contributed by atoms with Gasteiger partial charge in [0.1, 0.15) is 5.82 Å². The van der Waals surface area contributed by atoms with Crippen molar-refractivity contribution in [3.05, 3.63) is 29.6 Å². The number of carboxylic acids is 1. The van der Waals surface area contributed by atoms with Crippen molar-refractivity contribution in [2.45, 2.75) is 19.8 Å². The van der Waals surface area contributed by atoms with E-state index < -0.39 is 11.8 Å². The van der Waals surface area contributed by atoms with E-state index in [9.17, 15) is 9.18 Å². The number of carboxylic acid groups (broad SMARTS) is 1. The number of nitrogens with one attached hydrogen (secondary N) is 1. The first-order valence-corrected chi connectivity index (χ1v) is 6.35. The predicted octanol–water partition coefficient (Wildman–Crippen LogP) is 2.75. The maximum absolute atomic E-state index is 13.5. The Morgan fingerprint density at radius 3 is 2.74 bits per heavy atom. The van der Waals surface area contributed by atoms with Gasteiger partial charge in [-0.25, -0.2) is 9.18 Å². The van der Waals surface area contributed by atoms with Crippen molar-refractivity contribution in [3.63, 3.8) is 0 Å². The highest BCUT2D eigenvalue weighted by Crippen LogP contribution is 2.30. The van der Waals surface area contributed by atoms with E-state index in [4.69, 9.17) is 9.84 Å². The number of ether oxygens (including phenoxy) is 1. The standard InChI is InChI=1S/C14H18FNO3/c1-14(4-6-19-7-5-14)9-16-10-2-3-11(13(17)18)12(15)8-10/h2-3,8,16H,4-7,9H2,1H3,(H,17,18). The SMILES string of the molecule is CC1(CNc2ccc(C(=O)O)c(F)c2)CCOCC1. The fourth-order valence-electron chi connectivity index (χ4n) is 2.15. The van der Waals surface area contributed by atoms with Crippen molar-refractivity contribution in [1.29, 1.82) is 0 Å². The van der Waals surface area contributed by atoms with Gasteiger partial charge in [0.15, 0.2) is 0 Å². The second-order valence-electron chi connectivity index (χ2n) is 5.28. The Balaban J connectivity index is 2.00. The normalized spacial score (nSPS) is 18.0. The Bertz CT molecular complexity index is 470. The molecule has 1 aliphatic heterocycles. The number of benzene rings is 1. The summed E-state index contributed by atoms with van der Waals surface area (Å²) in [5.74, 6) is -1.96. The van der Waals surface area contributed by atoms with Gasteiger partial charge in [-0.15, -0.1) is 0 Å². The molecule has 104 valence electrons. The van der Waals surface area contributed by atoms with Gasteiger partial charge in [0.2, 0.25) is 0 Å². The third kappa shape index (κ3) is 3.44. The fourth-order valence-corrected chi connectivity index (χ4v) is 2.15. The van der Waals surface area contributed by atoms with Gasteiger partial charge in [-0.1, -0.05) is 6.92 Å². The van der Waals surface area contributed by atoms with Crippen LogP contribution in [0, 0.1) is 11.2 Å². The minimum Gasteiger partial charge on any atom is -0.478 e. The van der Waals surface area contributed by atoms with Crippen LogP contribution in [0.1, 0.15) is 30.1 Å². The Morgan fingerprint density at radius 2 is 2.16 bits per heavy atom. The summed E-state index contributed by atoms with van der Waals surface area (Å²) in [7, 11) is 0. The number of hydrogen-bond acceptors (Lipinski definition) is 3. The fraction of sp³-hybridized carbons (Fsp3) is 0.500. The number of halogens is 1. The molecule has 19 heavy (non-hydrogen) atoms. The summed E-state index contributed by atoms with van der Waals surface area (Å²) >= 11 is 0. The van der Waals surface area contributed by atoms with Gasteiger partial charge in [-0.2, -0.15) is 0 Å². The highest BCUT2D eigenvalue weighted by atomic mass is 19.1. The molecule has 0 aliphatic carbocycles. The molecular weight excluding hydrogens is 249 g/mol. The van der Waals surface area contributed by atoms with Crippen molar-refractivity contribution in [2.24, 2.45) is 5.41 Å². The lowest BCUT2D eigenvalue weighted by Crippen LogP contribution is -2.33. The zero-order valence-corrected chi connectivity index (χ0v) is 10.9. The van der Waals surface area contributed by atoms with Gasteiger partial charge in [-0.05, 0) is 36.5 Å². The maximum atomic E-state index is 13.5. The molecule has 0 unspecified atom stereocenters. The largest absolute Gasteiger partial charge is 0.478 e. The van der Waals surface area contributed by atoms with Crippen LogP contribution in [-0.4, -0.2) is 30.8 Å². The second-order valence-corrected chi connectivity index (χ2v) is 5.28. The molecule has 5 heteroatoms. The minimum atomic E-state index is -1.25. The smallest absolute Gasteiger partial charge is 0.338 e. The van der Waals surface area contributed by atoms with Gasteiger partial charge in [-0.3, -0.25) is 0 Å². The Labute approximate surface area is 111 Å². The molecule has 4 nitrogen and oxygen atoms in total. The van der Waals surface area contributed by atoms with Gasteiger partial charge < -0.3 is 15.2 Å². The quantitative estimate of drug-likeness (QED) is 0.880. The number of aromatic carboxylic acids is 1. The lowest BCUT2D eigenvalue weighted by Gasteiger charge is -2.33. The first-order chi connectivity index (χ1) is 9.00. The van der Waals surface area contributed by atoms with Crippen LogP contribution < -0.4 is 5.32 Å². The first kappa shape index (κ1) is 13.8. The van der Waals surface area contributed by atoms with Crippen LogP contribution in [0.25, 0.3) is 0 Å². The van der Waals surface area contributed by atoms with E-state index in [0.717, 1.165) is 32.6 Å². The summed E-state index contributed by atoms with van der Waals surface area (Å²) in [5, 5.41) is 11.9. The molecule has 0 atom stereocenters. The first-order valence-electron chi connectivity index (χ1n) is 6.35. The molecule has 1 heterocycles. The number of hydrogen-bond donors (Lipinski definition) is 2. The van der Waals surface area contributed by atoms with E-state index in [1.54, 1.807) is 6.07 Å². The molecular formula is C14H18FNO3. The van der Waals surface area contributed by atoms with Crippen LogP contribution in [0.15, 0.2) is 18.2 Å². The van der Waals surface area contributed by atoms with Crippen LogP contribution in [0.2, 0.25) is 0 Å². The highest BCUT2D eigenvalue weighted by molar-refractivity contribution is 5.88. The van der Waals surface area contributed by atoms with E-state index in [-0.39, 0.29) is 11.0 Å². The van der Waals surface area contributed by atoms with Gasteiger partial charge >= 0.3 is 5.97 Å². The maximum Gasteiger partial charge on any atom is 0.338 e. The molecule has 0 saturated carbocycles. The van der Waals surface area contributed by atoms with E-state index in [1.807, 2.05) is 0 Å². The molecule has 0 aromatic heterocycles. The van der Waals surface area contributed by atoms with Crippen molar-refractivity contribution in [1.82, 2.24) is 0 Å². The average Bonchev–Trinajstić information content (AvgIpc) is 2.37. The van der Waals surface area contributed by atoms with Crippen LogP contribution >= 0.6 is 0 Å². The van der Waals surface area contributed by atoms with Gasteiger partial charge in [0.05, 0.1) is 5.56 Å². The lowest BCUT2D eigenvalue weighted by molar-refractivity contribution is 0.0300. The van der Waals surface area contributed by atoms with E-state index >= 15 is 0 Å². The molecule has 1 aromatic carbocycles. The Hall–Kier alpha value is -1.62. The third-order valence-corrected chi connectivity index (χ3v) is 3.62. The highest BCUT2D eigenvalue weighted by Gasteiger charge is 2.27. The number of rotatable bonds is 4. The van der Waals surface area contributed by atoms with Crippen LogP contribution in [0.5, 0.6) is 0 Å². The molecule has 1 aliphatic rings. The average molecular weight is 267 g/mol. The molecule has 2 rings (SSSR count). The van der Waals surface area contributed by atoms with Crippen LogP contribution in [0.4, 0.5) is 10.1 Å². The monoisotopic (exact) mass is 267 g/mol. The summed E-state index contributed by atoms with van der Waals surface area (Å²) in [4.78, 5) is 10.7. The van der Waals surface area contributed by atoms with Crippen LogP contribution in [-0.2, 0) is 4.74 Å². The zero-order valence-electron chi connectivity index (χ0n) is 10.9. The van der Waals surface area contributed by atoms with Crippen molar-refractivity contribution >= 4 is 11.7 Å². The number of anilines is 1. The molecule has 0 amide bonds. The minimum absolute atomic E-state index is 0.139. The van der Waals surface area contributed by atoms with Crippen molar-refractivity contribution in [2.75, 3.05) is 25.1 Å². The van der Waals surface area contributed by atoms with Gasteiger partial charge in [0.25, 0.3) is 0 Å². The summed E-state index contributed by atoms with van der Waals surface area (Å²) in [6.07, 6.45) is 1.94. The molecule has 1 fully saturated rings. The molecule has 0 radical (unpaired) electrons. The molecule has 0 spiro atoms. The summed E-state index contributed by atoms with van der Waals surface area (Å²) < 4.78 is 18.8. The Kier molecular flexibility index (Phi) is 4.04. The van der Waals surface area contributed by atoms with Crippen molar-refractivity contribution < 1.29 is 19.0 Å². The third-order valence-electron chi connectivity index (χ3n) is 3.62. The van der Waals surface area contributed by atoms with Crippen LogP contribution in [0.3, 0.4) is 0 Å². The topological polar surface area (TPSA) is 58.6 Å². The molecule has 0 bridgehead atoms. The number of carbonyl (C=O) groups is 1. The predicted molar refractivity (Wildman–Crippen MR) is 70.0 cm³/mol. The molecule has 1 aromatic rings. The van der Waals surface area contributed by atoms with Gasteiger partial charge in [0, 0.05) is 25.4 Å². The van der Waals surface area contributed by atoms with Crippen molar-refractivity contribution in [3.8, 4) is 0 Å². The Morgan fingerprint density at radius 1 is 1.47 bits per heavy atom. The summed E-state index contributed by atoms with van der Waals surface area (Å²) in [6, 6.07) is 4.10. The molecule has 2 N–H and O–H groups in total. The molecule has 1 saturated heterocycles. The van der Waals surface area contributed by atoms with E-state index in [2.05, 4.69) is 12.2 Å². The second kappa shape index (κ2) is 5.57. The van der Waals surface area contributed by atoms with E-state index in [1.165, 1.54) is 12.1 Å². The van der Waals surface area contributed by atoms with E-state index in [0.29, 0.717) is 5.69 Å². The summed E-state index contributed by atoms with van der Waals surface area (Å²) in [5.41, 5.74) is 0.443. The summed E-state index contributed by atoms with van der Waals surface area (Å²) in [6.45, 7) is 4.40. The lowest BCUT2D eigenvalue weighted by atomic mass is 9.82.